The fraction of sp³-hybridized carbons (Fsp3) is 0.609. The van der Waals surface area contributed by atoms with Crippen molar-refractivity contribution in [2.45, 2.75) is 76.4 Å². The fourth-order valence-electron chi connectivity index (χ4n) is 4.87. The van der Waals surface area contributed by atoms with Crippen LogP contribution in [0.1, 0.15) is 57.8 Å². The lowest BCUT2D eigenvalue weighted by Crippen LogP contribution is -2.51. The zero-order chi connectivity index (χ0) is 20.1. The number of amides is 1. The molecule has 2 aromatic rings. The van der Waals surface area contributed by atoms with Crippen LogP contribution in [0.3, 0.4) is 0 Å². The first-order chi connectivity index (χ1) is 14.2. The Kier molecular flexibility index (Phi) is 6.60. The molecule has 0 radical (unpaired) electrons. The van der Waals surface area contributed by atoms with Gasteiger partial charge in [-0.05, 0) is 44.4 Å². The maximum absolute atomic E-state index is 12.6. The molecule has 1 aromatic carbocycles. The number of benzene rings is 1. The number of piperidine rings is 1. The SMILES string of the molecule is O=C(CCn1cnc2ccccc2c1=O)N[C@@H]1CCCN(C2CCCCCC2)C1. The van der Waals surface area contributed by atoms with Crippen LogP contribution in [0.4, 0.5) is 0 Å². The van der Waals surface area contributed by atoms with Crippen LogP contribution in [-0.2, 0) is 11.3 Å². The fourth-order valence-corrected chi connectivity index (χ4v) is 4.87. The number of likely N-dealkylation sites (tertiary alicyclic amines) is 1. The van der Waals surface area contributed by atoms with E-state index in [1.54, 1.807) is 17.0 Å². The van der Waals surface area contributed by atoms with E-state index in [4.69, 9.17) is 0 Å². The van der Waals surface area contributed by atoms with Crippen LogP contribution in [0.25, 0.3) is 10.9 Å². The summed E-state index contributed by atoms with van der Waals surface area (Å²) in [4.78, 5) is 32.0. The lowest BCUT2D eigenvalue weighted by molar-refractivity contribution is -0.122. The summed E-state index contributed by atoms with van der Waals surface area (Å²) >= 11 is 0. The number of nitrogens with one attached hydrogen (secondary N) is 1. The quantitative estimate of drug-likeness (QED) is 0.789. The molecule has 2 aliphatic rings. The van der Waals surface area contributed by atoms with Crippen LogP contribution in [0.2, 0.25) is 0 Å². The third kappa shape index (κ3) is 5.04. The number of carbonyl (C=O) groups excluding carboxylic acids is 1. The van der Waals surface area contributed by atoms with Gasteiger partial charge in [-0.15, -0.1) is 0 Å². The summed E-state index contributed by atoms with van der Waals surface area (Å²) in [5, 5.41) is 3.81. The molecule has 6 nitrogen and oxygen atoms in total. The summed E-state index contributed by atoms with van der Waals surface area (Å²) in [6.07, 6.45) is 12.1. The van der Waals surface area contributed by atoms with E-state index in [9.17, 15) is 9.59 Å². The smallest absolute Gasteiger partial charge is 0.261 e. The number of fused-ring (bicyclic) bond motifs is 1. The molecule has 2 heterocycles. The van der Waals surface area contributed by atoms with Gasteiger partial charge in [0.2, 0.25) is 5.91 Å². The Morgan fingerprint density at radius 1 is 1.07 bits per heavy atom. The van der Waals surface area contributed by atoms with Crippen LogP contribution in [0.5, 0.6) is 0 Å². The minimum atomic E-state index is -0.0828. The molecular weight excluding hydrogens is 364 g/mol. The molecule has 1 aliphatic heterocycles. The van der Waals surface area contributed by atoms with Gasteiger partial charge >= 0.3 is 0 Å². The summed E-state index contributed by atoms with van der Waals surface area (Å²) in [5.41, 5.74) is 0.611. The number of nitrogens with zero attached hydrogens (tertiary/aromatic N) is 3. The van der Waals surface area contributed by atoms with Crippen molar-refractivity contribution >= 4 is 16.8 Å². The van der Waals surface area contributed by atoms with Crippen molar-refractivity contribution < 1.29 is 4.79 Å². The predicted octanol–water partition coefficient (Wildman–Crippen LogP) is 3.09. The molecule has 1 aliphatic carbocycles. The number of rotatable bonds is 5. The Morgan fingerprint density at radius 2 is 1.86 bits per heavy atom. The first-order valence-corrected chi connectivity index (χ1v) is 11.2. The molecule has 1 aromatic heterocycles. The molecule has 4 rings (SSSR count). The molecule has 0 spiro atoms. The summed E-state index contributed by atoms with van der Waals surface area (Å²) in [5.74, 6) is 0.0257. The van der Waals surface area contributed by atoms with Gasteiger partial charge in [0.05, 0.1) is 17.2 Å². The zero-order valence-corrected chi connectivity index (χ0v) is 17.2. The Labute approximate surface area is 172 Å². The summed E-state index contributed by atoms with van der Waals surface area (Å²) in [6.45, 7) is 2.49. The molecule has 1 saturated carbocycles. The molecule has 1 atom stereocenters. The highest BCUT2D eigenvalue weighted by Gasteiger charge is 2.27. The first-order valence-electron chi connectivity index (χ1n) is 11.2. The minimum Gasteiger partial charge on any atom is -0.352 e. The maximum atomic E-state index is 12.6. The highest BCUT2D eigenvalue weighted by Crippen LogP contribution is 2.24. The van der Waals surface area contributed by atoms with E-state index in [0.29, 0.717) is 29.9 Å². The Hall–Kier alpha value is -2.21. The number of carbonyl (C=O) groups is 1. The van der Waals surface area contributed by atoms with Crippen LogP contribution >= 0.6 is 0 Å². The van der Waals surface area contributed by atoms with Crippen molar-refractivity contribution in [2.75, 3.05) is 13.1 Å². The molecular formula is C23H32N4O2. The average Bonchev–Trinajstić information content (AvgIpc) is 3.03. The first kappa shape index (κ1) is 20.1. The predicted molar refractivity (Wildman–Crippen MR) is 115 cm³/mol. The molecule has 1 amide bonds. The van der Waals surface area contributed by atoms with Gasteiger partial charge in [0.1, 0.15) is 0 Å². The van der Waals surface area contributed by atoms with E-state index in [1.807, 2.05) is 18.2 Å². The van der Waals surface area contributed by atoms with Crippen molar-refractivity contribution in [2.24, 2.45) is 0 Å². The van der Waals surface area contributed by atoms with Crippen LogP contribution < -0.4 is 10.9 Å². The van der Waals surface area contributed by atoms with Gasteiger partial charge in [0, 0.05) is 31.6 Å². The highest BCUT2D eigenvalue weighted by atomic mass is 16.2. The van der Waals surface area contributed by atoms with E-state index in [1.165, 1.54) is 38.5 Å². The minimum absolute atomic E-state index is 0.0257. The Bertz CT molecular complexity index is 886. The lowest BCUT2D eigenvalue weighted by atomic mass is 10.00. The van der Waals surface area contributed by atoms with E-state index in [2.05, 4.69) is 15.2 Å². The Morgan fingerprint density at radius 3 is 2.69 bits per heavy atom. The van der Waals surface area contributed by atoms with Crippen molar-refractivity contribution in [3.63, 3.8) is 0 Å². The van der Waals surface area contributed by atoms with Crippen molar-refractivity contribution in [3.05, 3.63) is 40.9 Å². The molecule has 0 unspecified atom stereocenters. The summed E-state index contributed by atoms with van der Waals surface area (Å²) in [7, 11) is 0. The van der Waals surface area contributed by atoms with Gasteiger partial charge in [-0.2, -0.15) is 0 Å². The number of aromatic nitrogens is 2. The van der Waals surface area contributed by atoms with E-state index in [-0.39, 0.29) is 17.5 Å². The second-order valence-electron chi connectivity index (χ2n) is 8.56. The van der Waals surface area contributed by atoms with Crippen LogP contribution in [0, 0.1) is 0 Å². The van der Waals surface area contributed by atoms with E-state index in [0.717, 1.165) is 25.9 Å². The number of hydrogen-bond acceptors (Lipinski definition) is 4. The topological polar surface area (TPSA) is 67.2 Å². The third-order valence-corrected chi connectivity index (χ3v) is 6.47. The van der Waals surface area contributed by atoms with E-state index < -0.39 is 0 Å². The second kappa shape index (κ2) is 9.53. The Balaban J connectivity index is 1.30. The van der Waals surface area contributed by atoms with Crippen molar-refractivity contribution in [3.8, 4) is 0 Å². The number of aryl methyl sites for hydroxylation is 1. The number of hydrogen-bond donors (Lipinski definition) is 1. The summed E-state index contributed by atoms with van der Waals surface area (Å²) in [6, 6.07) is 8.24. The molecule has 29 heavy (non-hydrogen) atoms. The van der Waals surface area contributed by atoms with Gasteiger partial charge in [-0.25, -0.2) is 4.98 Å². The van der Waals surface area contributed by atoms with Crippen LogP contribution in [-0.4, -0.2) is 45.5 Å². The second-order valence-corrected chi connectivity index (χ2v) is 8.56. The molecule has 2 fully saturated rings. The summed E-state index contributed by atoms with van der Waals surface area (Å²) < 4.78 is 1.54. The molecule has 0 bridgehead atoms. The monoisotopic (exact) mass is 396 g/mol. The maximum Gasteiger partial charge on any atom is 0.261 e. The average molecular weight is 397 g/mol. The third-order valence-electron chi connectivity index (χ3n) is 6.47. The van der Waals surface area contributed by atoms with Gasteiger partial charge < -0.3 is 5.32 Å². The lowest BCUT2D eigenvalue weighted by Gasteiger charge is -2.38. The van der Waals surface area contributed by atoms with Gasteiger partial charge in [0.15, 0.2) is 0 Å². The normalized spacial score (nSPS) is 21.7. The van der Waals surface area contributed by atoms with Gasteiger partial charge in [-0.1, -0.05) is 37.8 Å². The largest absolute Gasteiger partial charge is 0.352 e. The molecule has 1 N–H and O–H groups in total. The zero-order valence-electron chi connectivity index (χ0n) is 17.2. The molecule has 6 heteroatoms. The molecule has 1 saturated heterocycles. The number of para-hydroxylation sites is 1. The van der Waals surface area contributed by atoms with Gasteiger partial charge in [0.25, 0.3) is 5.56 Å². The standard InChI is InChI=1S/C23H32N4O2/c28-22(13-15-27-17-24-21-12-6-5-11-20(21)23(27)29)25-18-8-7-14-26(16-18)19-9-3-1-2-4-10-19/h5-6,11-12,17-19H,1-4,7-10,13-16H2,(H,25,28)/t18-/m1/s1. The van der Waals surface area contributed by atoms with Gasteiger partial charge in [-0.3, -0.25) is 19.1 Å². The van der Waals surface area contributed by atoms with E-state index >= 15 is 0 Å². The molecule has 156 valence electrons. The van der Waals surface area contributed by atoms with Crippen molar-refractivity contribution in [1.82, 2.24) is 19.8 Å². The van der Waals surface area contributed by atoms with Crippen molar-refractivity contribution in [1.29, 1.82) is 0 Å². The van der Waals surface area contributed by atoms with Crippen LogP contribution in [0.15, 0.2) is 35.4 Å². The highest BCUT2D eigenvalue weighted by molar-refractivity contribution is 5.77.